The maximum absolute atomic E-state index is 5.17. The highest BCUT2D eigenvalue weighted by molar-refractivity contribution is 7.21. The topological polar surface area (TPSA) is 48.1 Å². The van der Waals surface area contributed by atoms with E-state index in [-0.39, 0.29) is 0 Å². The fourth-order valence-corrected chi connectivity index (χ4v) is 2.96. The Morgan fingerprint density at radius 3 is 2.67 bits per heavy atom. The molecule has 0 saturated carbocycles. The van der Waals surface area contributed by atoms with Crippen LogP contribution in [0.2, 0.25) is 0 Å². The van der Waals surface area contributed by atoms with Crippen LogP contribution in [0.25, 0.3) is 20.8 Å². The van der Waals surface area contributed by atoms with E-state index < -0.39 is 0 Å². The summed E-state index contributed by atoms with van der Waals surface area (Å²) in [6, 6.07) is 16.2. The third-order valence-electron chi connectivity index (χ3n) is 2.78. The van der Waals surface area contributed by atoms with Gasteiger partial charge in [-0.3, -0.25) is 4.84 Å². The summed E-state index contributed by atoms with van der Waals surface area (Å²) in [5.41, 5.74) is 3.17. The van der Waals surface area contributed by atoms with Crippen LogP contribution in [0.5, 0.6) is 0 Å². The monoisotopic (exact) mass is 256 g/mol. The predicted molar refractivity (Wildman–Crippen MR) is 74.0 cm³/mol. The van der Waals surface area contributed by atoms with Crippen LogP contribution in [0.3, 0.4) is 0 Å². The van der Waals surface area contributed by atoms with E-state index in [1.54, 1.807) is 11.3 Å². The predicted octanol–water partition coefficient (Wildman–Crippen LogP) is 3.35. The smallest absolute Gasteiger partial charge is 0.124 e. The second kappa shape index (κ2) is 4.86. The zero-order chi connectivity index (χ0) is 12.4. The molecule has 0 radical (unpaired) electrons. The van der Waals surface area contributed by atoms with Crippen molar-refractivity contribution >= 4 is 21.6 Å². The van der Waals surface area contributed by atoms with E-state index in [1.165, 1.54) is 4.70 Å². The first-order valence-corrected chi connectivity index (χ1v) is 6.45. The summed E-state index contributed by atoms with van der Waals surface area (Å²) in [6.45, 7) is 0.395. The van der Waals surface area contributed by atoms with E-state index in [4.69, 9.17) is 10.7 Å². The average molecular weight is 256 g/mol. The van der Waals surface area contributed by atoms with Crippen molar-refractivity contribution in [3.63, 3.8) is 0 Å². The molecule has 0 atom stereocenters. The number of hydrogen-bond acceptors (Lipinski definition) is 4. The number of fused-ring (bicyclic) bond motifs is 1. The van der Waals surface area contributed by atoms with Crippen molar-refractivity contribution in [1.29, 1.82) is 0 Å². The van der Waals surface area contributed by atoms with E-state index >= 15 is 0 Å². The lowest BCUT2D eigenvalue weighted by molar-refractivity contribution is 0.124. The van der Waals surface area contributed by atoms with Crippen LogP contribution in [0.1, 0.15) is 5.56 Å². The first-order chi connectivity index (χ1) is 8.88. The van der Waals surface area contributed by atoms with Crippen LogP contribution in [-0.2, 0) is 11.4 Å². The molecule has 0 saturated heterocycles. The van der Waals surface area contributed by atoms with Crippen molar-refractivity contribution in [3.8, 4) is 10.6 Å². The first-order valence-electron chi connectivity index (χ1n) is 5.64. The molecule has 2 N–H and O–H groups in total. The van der Waals surface area contributed by atoms with Crippen molar-refractivity contribution in [1.82, 2.24) is 4.98 Å². The van der Waals surface area contributed by atoms with Gasteiger partial charge in [-0.25, -0.2) is 10.9 Å². The highest BCUT2D eigenvalue weighted by Crippen LogP contribution is 2.32. The number of rotatable bonds is 3. The first kappa shape index (κ1) is 11.3. The molecule has 90 valence electrons. The molecule has 3 aromatic rings. The van der Waals surface area contributed by atoms with E-state index in [9.17, 15) is 0 Å². The summed E-state index contributed by atoms with van der Waals surface area (Å²) in [5.74, 6) is 5.17. The van der Waals surface area contributed by atoms with Gasteiger partial charge in [0.2, 0.25) is 0 Å². The van der Waals surface area contributed by atoms with Crippen LogP contribution in [0.15, 0.2) is 48.5 Å². The van der Waals surface area contributed by atoms with E-state index in [2.05, 4.69) is 11.1 Å². The minimum atomic E-state index is 0.395. The Bertz CT molecular complexity index is 645. The molecule has 0 fully saturated rings. The molecular weight excluding hydrogens is 244 g/mol. The molecule has 4 heteroatoms. The van der Waals surface area contributed by atoms with Gasteiger partial charge >= 0.3 is 0 Å². The lowest BCUT2D eigenvalue weighted by atomic mass is 10.1. The van der Waals surface area contributed by atoms with Crippen molar-refractivity contribution in [2.75, 3.05) is 0 Å². The molecule has 0 unspecified atom stereocenters. The van der Waals surface area contributed by atoms with E-state index in [0.717, 1.165) is 21.7 Å². The van der Waals surface area contributed by atoms with Crippen LogP contribution in [0.4, 0.5) is 0 Å². The largest absolute Gasteiger partial charge is 0.300 e. The fraction of sp³-hybridized carbons (Fsp3) is 0.0714. The number of thiazole rings is 1. The number of nitrogens with two attached hydrogens (primary N) is 1. The van der Waals surface area contributed by atoms with E-state index in [0.29, 0.717) is 6.61 Å². The number of benzene rings is 2. The average Bonchev–Trinajstić information content (AvgIpc) is 2.83. The summed E-state index contributed by atoms with van der Waals surface area (Å²) in [5, 5.41) is 1.00. The molecule has 1 heterocycles. The fourth-order valence-electron chi connectivity index (χ4n) is 1.93. The number of para-hydroxylation sites is 1. The zero-order valence-corrected chi connectivity index (χ0v) is 10.5. The molecule has 0 bridgehead atoms. The molecule has 2 aromatic carbocycles. The summed E-state index contributed by atoms with van der Waals surface area (Å²) in [6.07, 6.45) is 0. The minimum Gasteiger partial charge on any atom is -0.300 e. The normalized spacial score (nSPS) is 10.9. The summed E-state index contributed by atoms with van der Waals surface area (Å²) >= 11 is 1.68. The molecule has 0 aliphatic carbocycles. The summed E-state index contributed by atoms with van der Waals surface area (Å²) in [7, 11) is 0. The molecule has 0 amide bonds. The second-order valence-electron chi connectivity index (χ2n) is 3.95. The Hall–Kier alpha value is -1.75. The third-order valence-corrected chi connectivity index (χ3v) is 3.85. The van der Waals surface area contributed by atoms with Gasteiger partial charge in [-0.05, 0) is 17.7 Å². The van der Waals surface area contributed by atoms with Gasteiger partial charge < -0.3 is 0 Å². The van der Waals surface area contributed by atoms with Gasteiger partial charge in [-0.2, -0.15) is 0 Å². The maximum Gasteiger partial charge on any atom is 0.124 e. The van der Waals surface area contributed by atoms with Crippen molar-refractivity contribution in [2.45, 2.75) is 6.61 Å². The van der Waals surface area contributed by atoms with Crippen LogP contribution in [-0.4, -0.2) is 4.98 Å². The van der Waals surface area contributed by atoms with Gasteiger partial charge in [-0.1, -0.05) is 36.4 Å². The van der Waals surface area contributed by atoms with Crippen LogP contribution in [0, 0.1) is 0 Å². The minimum absolute atomic E-state index is 0.395. The standard InChI is InChI=1S/C14H12N2OS/c15-17-9-10-5-1-2-6-11(10)14-16-12-7-3-4-8-13(12)18-14/h1-8H,9,15H2. The zero-order valence-electron chi connectivity index (χ0n) is 9.67. The highest BCUT2D eigenvalue weighted by Gasteiger charge is 2.09. The Balaban J connectivity index is 2.13. The Labute approximate surface area is 109 Å². The van der Waals surface area contributed by atoms with Gasteiger partial charge in [0.05, 0.1) is 16.8 Å². The number of aromatic nitrogens is 1. The Kier molecular flexibility index (Phi) is 3.06. The molecule has 0 aliphatic heterocycles. The van der Waals surface area contributed by atoms with Gasteiger partial charge in [0.1, 0.15) is 5.01 Å². The molecule has 0 spiro atoms. The SMILES string of the molecule is NOCc1ccccc1-c1nc2ccccc2s1. The lowest BCUT2D eigenvalue weighted by Crippen LogP contribution is -2.00. The van der Waals surface area contributed by atoms with Crippen molar-refractivity contribution in [3.05, 3.63) is 54.1 Å². The van der Waals surface area contributed by atoms with Crippen molar-refractivity contribution in [2.24, 2.45) is 5.90 Å². The van der Waals surface area contributed by atoms with Crippen LogP contribution < -0.4 is 5.90 Å². The molecule has 1 aromatic heterocycles. The molecule has 0 aliphatic rings. The van der Waals surface area contributed by atoms with Gasteiger partial charge in [-0.15, -0.1) is 11.3 Å². The quantitative estimate of drug-likeness (QED) is 0.731. The molecule has 18 heavy (non-hydrogen) atoms. The van der Waals surface area contributed by atoms with Gasteiger partial charge in [0.15, 0.2) is 0 Å². The molecule has 3 rings (SSSR count). The Morgan fingerprint density at radius 1 is 1.06 bits per heavy atom. The number of hydrogen-bond donors (Lipinski definition) is 1. The second-order valence-corrected chi connectivity index (χ2v) is 4.99. The Morgan fingerprint density at radius 2 is 1.83 bits per heavy atom. The van der Waals surface area contributed by atoms with Gasteiger partial charge in [0, 0.05) is 5.56 Å². The van der Waals surface area contributed by atoms with Crippen LogP contribution >= 0.6 is 11.3 Å². The molecule has 3 nitrogen and oxygen atoms in total. The number of nitrogens with zero attached hydrogens (tertiary/aromatic N) is 1. The van der Waals surface area contributed by atoms with Crippen molar-refractivity contribution < 1.29 is 4.84 Å². The summed E-state index contributed by atoms with van der Waals surface area (Å²) in [4.78, 5) is 9.39. The third kappa shape index (κ3) is 2.01. The highest BCUT2D eigenvalue weighted by atomic mass is 32.1. The lowest BCUT2D eigenvalue weighted by Gasteiger charge is -2.04. The maximum atomic E-state index is 5.17. The molecular formula is C14H12N2OS. The summed E-state index contributed by atoms with van der Waals surface area (Å²) < 4.78 is 1.19. The van der Waals surface area contributed by atoms with Gasteiger partial charge in [0.25, 0.3) is 0 Å². The van der Waals surface area contributed by atoms with E-state index in [1.807, 2.05) is 42.5 Å².